The first-order valence-electron chi connectivity index (χ1n) is 12.3. The SMILES string of the molecule is C/C=C/CCC1CCC2CC(C3CCC(c4cc(F)c(Cl)c(F)c4)CC3)CCC2C1. The zero-order chi connectivity index (χ0) is 21.1. The lowest BCUT2D eigenvalue weighted by Crippen LogP contribution is -2.34. The lowest BCUT2D eigenvalue weighted by Gasteiger charge is -2.45. The number of fused-ring (bicyclic) bond motifs is 1. The van der Waals surface area contributed by atoms with E-state index in [1.165, 1.54) is 76.3 Å². The van der Waals surface area contributed by atoms with Crippen LogP contribution >= 0.6 is 11.6 Å². The molecule has 4 unspecified atom stereocenters. The molecule has 3 saturated carbocycles. The summed E-state index contributed by atoms with van der Waals surface area (Å²) < 4.78 is 27.7. The van der Waals surface area contributed by atoms with E-state index in [1.54, 1.807) is 0 Å². The molecule has 0 aliphatic heterocycles. The summed E-state index contributed by atoms with van der Waals surface area (Å²) in [5.41, 5.74) is 0.799. The molecule has 0 nitrogen and oxygen atoms in total. The highest BCUT2D eigenvalue weighted by molar-refractivity contribution is 6.30. The molecule has 0 saturated heterocycles. The van der Waals surface area contributed by atoms with E-state index in [4.69, 9.17) is 11.6 Å². The van der Waals surface area contributed by atoms with Crippen LogP contribution in [0.1, 0.15) is 95.5 Å². The van der Waals surface area contributed by atoms with Crippen molar-refractivity contribution < 1.29 is 8.78 Å². The van der Waals surface area contributed by atoms with Gasteiger partial charge in [0, 0.05) is 0 Å². The molecule has 3 heteroatoms. The Kier molecular flexibility index (Phi) is 7.55. The molecule has 0 amide bonds. The van der Waals surface area contributed by atoms with Crippen LogP contribution in [0.2, 0.25) is 5.02 Å². The van der Waals surface area contributed by atoms with Gasteiger partial charge >= 0.3 is 0 Å². The van der Waals surface area contributed by atoms with E-state index >= 15 is 0 Å². The maximum Gasteiger partial charge on any atom is 0.145 e. The second-order valence-corrected chi connectivity index (χ2v) is 10.7. The monoisotopic (exact) mass is 434 g/mol. The van der Waals surface area contributed by atoms with E-state index in [0.717, 1.165) is 48.0 Å². The number of hydrogen-bond acceptors (Lipinski definition) is 0. The summed E-state index contributed by atoms with van der Waals surface area (Å²) in [6.07, 6.45) is 20.3. The number of rotatable bonds is 5. The van der Waals surface area contributed by atoms with Crippen molar-refractivity contribution in [1.29, 1.82) is 0 Å². The molecule has 166 valence electrons. The first-order chi connectivity index (χ1) is 14.5. The fraction of sp³-hybridized carbons (Fsp3) is 0.704. The summed E-state index contributed by atoms with van der Waals surface area (Å²) in [4.78, 5) is 0. The number of halogens is 3. The molecule has 1 aromatic rings. The molecule has 30 heavy (non-hydrogen) atoms. The van der Waals surface area contributed by atoms with Crippen LogP contribution in [0.3, 0.4) is 0 Å². The van der Waals surface area contributed by atoms with Crippen molar-refractivity contribution in [3.8, 4) is 0 Å². The van der Waals surface area contributed by atoms with Gasteiger partial charge in [0.15, 0.2) is 0 Å². The van der Waals surface area contributed by atoms with Crippen molar-refractivity contribution in [2.45, 2.75) is 89.9 Å². The molecular weight excluding hydrogens is 398 g/mol. The van der Waals surface area contributed by atoms with E-state index in [-0.39, 0.29) is 10.9 Å². The third-order valence-electron chi connectivity index (χ3n) is 8.66. The summed E-state index contributed by atoms with van der Waals surface area (Å²) in [6, 6.07) is 2.91. The molecule has 0 N–H and O–H groups in total. The van der Waals surface area contributed by atoms with Crippen LogP contribution in [0.4, 0.5) is 8.78 Å². The summed E-state index contributed by atoms with van der Waals surface area (Å²) in [6.45, 7) is 2.12. The van der Waals surface area contributed by atoms with Crippen LogP contribution in [0.5, 0.6) is 0 Å². The molecule has 1 aromatic carbocycles. The minimum Gasteiger partial charge on any atom is -0.205 e. The van der Waals surface area contributed by atoms with Crippen LogP contribution in [-0.2, 0) is 0 Å². The van der Waals surface area contributed by atoms with E-state index in [1.807, 2.05) is 0 Å². The lowest BCUT2D eigenvalue weighted by molar-refractivity contribution is 0.0621. The van der Waals surface area contributed by atoms with Crippen molar-refractivity contribution in [1.82, 2.24) is 0 Å². The second-order valence-electron chi connectivity index (χ2n) is 10.3. The topological polar surface area (TPSA) is 0 Å². The Labute approximate surface area is 186 Å². The lowest BCUT2D eigenvalue weighted by atomic mass is 9.60. The fourth-order valence-corrected chi connectivity index (χ4v) is 7.06. The van der Waals surface area contributed by atoms with Gasteiger partial charge in [0.05, 0.1) is 0 Å². The summed E-state index contributed by atoms with van der Waals surface area (Å²) in [5.74, 6) is 3.63. The third-order valence-corrected chi connectivity index (χ3v) is 9.02. The van der Waals surface area contributed by atoms with Gasteiger partial charge < -0.3 is 0 Å². The van der Waals surface area contributed by atoms with E-state index in [2.05, 4.69) is 19.1 Å². The fourth-order valence-electron chi connectivity index (χ4n) is 6.95. The van der Waals surface area contributed by atoms with Gasteiger partial charge in [-0.2, -0.15) is 0 Å². The van der Waals surface area contributed by atoms with Crippen molar-refractivity contribution in [3.05, 3.63) is 46.5 Å². The normalized spacial score (nSPS) is 34.8. The van der Waals surface area contributed by atoms with Crippen LogP contribution in [-0.4, -0.2) is 0 Å². The van der Waals surface area contributed by atoms with Crippen LogP contribution < -0.4 is 0 Å². The van der Waals surface area contributed by atoms with Crippen LogP contribution in [0, 0.1) is 41.2 Å². The Morgan fingerprint density at radius 2 is 1.40 bits per heavy atom. The summed E-state index contributed by atoms with van der Waals surface area (Å²) in [5, 5.41) is -0.374. The van der Waals surface area contributed by atoms with Crippen molar-refractivity contribution in [2.75, 3.05) is 0 Å². The maximum atomic E-state index is 13.9. The third kappa shape index (κ3) is 5.12. The van der Waals surface area contributed by atoms with E-state index in [9.17, 15) is 8.78 Å². The predicted molar refractivity (Wildman–Crippen MR) is 122 cm³/mol. The molecule has 0 radical (unpaired) electrons. The molecule has 0 spiro atoms. The van der Waals surface area contributed by atoms with E-state index in [0.29, 0.717) is 0 Å². The van der Waals surface area contributed by atoms with Gasteiger partial charge in [-0.05, 0) is 131 Å². The first-order valence-corrected chi connectivity index (χ1v) is 12.7. The van der Waals surface area contributed by atoms with Gasteiger partial charge in [-0.25, -0.2) is 8.78 Å². The minimum absolute atomic E-state index is 0.284. The van der Waals surface area contributed by atoms with Crippen LogP contribution in [0.25, 0.3) is 0 Å². The number of hydrogen-bond donors (Lipinski definition) is 0. The number of allylic oxidation sites excluding steroid dienone is 2. The second kappa shape index (κ2) is 10.2. The average molecular weight is 435 g/mol. The molecule has 3 aliphatic rings. The Hall–Kier alpha value is -0.890. The van der Waals surface area contributed by atoms with Crippen molar-refractivity contribution in [3.63, 3.8) is 0 Å². The van der Waals surface area contributed by atoms with Crippen molar-refractivity contribution >= 4 is 11.6 Å². The highest BCUT2D eigenvalue weighted by Crippen LogP contribution is 2.50. The highest BCUT2D eigenvalue weighted by atomic mass is 35.5. The zero-order valence-corrected chi connectivity index (χ0v) is 19.1. The largest absolute Gasteiger partial charge is 0.205 e. The van der Waals surface area contributed by atoms with E-state index < -0.39 is 11.6 Å². The van der Waals surface area contributed by atoms with Gasteiger partial charge in [0.2, 0.25) is 0 Å². The Morgan fingerprint density at radius 3 is 2.07 bits per heavy atom. The smallest absolute Gasteiger partial charge is 0.145 e. The molecule has 0 bridgehead atoms. The molecule has 4 atom stereocenters. The quantitative estimate of drug-likeness (QED) is 0.320. The number of benzene rings is 1. The zero-order valence-electron chi connectivity index (χ0n) is 18.4. The minimum atomic E-state index is -0.617. The van der Waals surface area contributed by atoms with Crippen molar-refractivity contribution in [2.24, 2.45) is 29.6 Å². The van der Waals surface area contributed by atoms with Gasteiger partial charge in [0.25, 0.3) is 0 Å². The maximum absolute atomic E-state index is 13.9. The molecule has 0 aromatic heterocycles. The molecule has 3 fully saturated rings. The standard InChI is InChI=1S/C27H37ClF2/c1-2-3-4-5-18-6-7-23-15-22(13-12-21(23)14-18)19-8-10-20(11-9-19)24-16-25(29)27(28)26(30)17-24/h2-3,16-23H,4-15H2,1H3/b3-2+. The first kappa shape index (κ1) is 22.3. The Balaban J connectivity index is 1.27. The Bertz CT molecular complexity index is 711. The van der Waals surface area contributed by atoms with Crippen LogP contribution in [0.15, 0.2) is 24.3 Å². The summed E-state index contributed by atoms with van der Waals surface area (Å²) in [7, 11) is 0. The molecule has 3 aliphatic carbocycles. The average Bonchev–Trinajstić information content (AvgIpc) is 2.77. The molecule has 4 rings (SSSR count). The summed E-state index contributed by atoms with van der Waals surface area (Å²) >= 11 is 5.66. The molecular formula is C27H37ClF2. The van der Waals surface area contributed by atoms with Gasteiger partial charge in [0.1, 0.15) is 16.7 Å². The predicted octanol–water partition coefficient (Wildman–Crippen LogP) is 9.08. The van der Waals surface area contributed by atoms with Gasteiger partial charge in [-0.1, -0.05) is 30.2 Å². The molecule has 0 heterocycles. The highest BCUT2D eigenvalue weighted by Gasteiger charge is 2.38. The Morgan fingerprint density at radius 1 is 0.833 bits per heavy atom. The van der Waals surface area contributed by atoms with Gasteiger partial charge in [-0.15, -0.1) is 0 Å². The van der Waals surface area contributed by atoms with Gasteiger partial charge in [-0.3, -0.25) is 0 Å².